The Morgan fingerprint density at radius 2 is 2.45 bits per heavy atom. The number of halogens is 1. The van der Waals surface area contributed by atoms with Gasteiger partial charge in [-0.25, -0.2) is 0 Å². The molecule has 0 bridgehead atoms. The number of aryl methyl sites for hydroxylation is 1. The molecule has 0 saturated carbocycles. The Bertz CT molecular complexity index is 618. The van der Waals surface area contributed by atoms with E-state index in [1.807, 2.05) is 35.0 Å². The first-order valence-corrected chi connectivity index (χ1v) is 7.57. The maximum Gasteiger partial charge on any atom is 0.270 e. The van der Waals surface area contributed by atoms with Crippen molar-refractivity contribution in [2.45, 2.75) is 32.4 Å². The van der Waals surface area contributed by atoms with Gasteiger partial charge in [-0.05, 0) is 47.3 Å². The first-order chi connectivity index (χ1) is 9.63. The number of likely N-dealkylation sites (tertiary alicyclic amines) is 1. The van der Waals surface area contributed by atoms with Crippen LogP contribution in [0.5, 0.6) is 0 Å². The Hall–Kier alpha value is -1.56. The van der Waals surface area contributed by atoms with Crippen LogP contribution in [-0.2, 0) is 6.54 Å². The van der Waals surface area contributed by atoms with Crippen LogP contribution in [0.1, 0.15) is 28.9 Å². The van der Waals surface area contributed by atoms with Crippen LogP contribution < -0.4 is 0 Å². The molecule has 0 unspecified atom stereocenters. The van der Waals surface area contributed by atoms with Crippen molar-refractivity contribution in [2.75, 3.05) is 6.54 Å². The average molecular weight is 337 g/mol. The highest BCUT2D eigenvalue weighted by Crippen LogP contribution is 2.22. The molecule has 2 aromatic rings. The van der Waals surface area contributed by atoms with Crippen LogP contribution in [0.4, 0.5) is 0 Å². The zero-order valence-electron chi connectivity index (χ0n) is 11.3. The molecule has 6 heteroatoms. The summed E-state index contributed by atoms with van der Waals surface area (Å²) in [6.45, 7) is 3.61. The monoisotopic (exact) mass is 336 g/mol. The molecule has 1 fully saturated rings. The van der Waals surface area contributed by atoms with Gasteiger partial charge < -0.3 is 9.88 Å². The Morgan fingerprint density at radius 1 is 1.60 bits per heavy atom. The molecule has 5 nitrogen and oxygen atoms in total. The van der Waals surface area contributed by atoms with E-state index in [2.05, 4.69) is 26.0 Å². The molecule has 106 valence electrons. The minimum Gasteiger partial charge on any atom is -0.356 e. The van der Waals surface area contributed by atoms with Gasteiger partial charge in [0.25, 0.3) is 5.91 Å². The lowest BCUT2D eigenvalue weighted by Gasteiger charge is -2.24. The number of aromatic amines is 1. The Labute approximate surface area is 126 Å². The molecule has 1 atom stereocenters. The SMILES string of the molecule is Cc1cnn(C[C@H]2CCCN2C(=O)c2cc(Br)c[nH]2)c1. The lowest BCUT2D eigenvalue weighted by atomic mass is 10.2. The van der Waals surface area contributed by atoms with Gasteiger partial charge in [0.15, 0.2) is 0 Å². The minimum atomic E-state index is 0.0714. The zero-order chi connectivity index (χ0) is 14.1. The number of hydrogen-bond donors (Lipinski definition) is 1. The highest BCUT2D eigenvalue weighted by Gasteiger charge is 2.30. The number of hydrogen-bond acceptors (Lipinski definition) is 2. The van der Waals surface area contributed by atoms with Gasteiger partial charge >= 0.3 is 0 Å². The Morgan fingerprint density at radius 3 is 3.10 bits per heavy atom. The van der Waals surface area contributed by atoms with Crippen molar-refractivity contribution >= 4 is 21.8 Å². The van der Waals surface area contributed by atoms with E-state index in [1.165, 1.54) is 0 Å². The second-order valence-corrected chi connectivity index (χ2v) is 6.18. The van der Waals surface area contributed by atoms with Gasteiger partial charge in [-0.3, -0.25) is 9.48 Å². The molecule has 1 aliphatic rings. The summed E-state index contributed by atoms with van der Waals surface area (Å²) in [4.78, 5) is 17.5. The van der Waals surface area contributed by atoms with Crippen molar-refractivity contribution in [1.82, 2.24) is 19.7 Å². The van der Waals surface area contributed by atoms with Gasteiger partial charge in [0, 0.05) is 23.4 Å². The number of aromatic nitrogens is 3. The standard InChI is InChI=1S/C14H17BrN4O/c1-10-6-17-18(8-10)9-12-3-2-4-19(12)14(20)13-5-11(15)7-16-13/h5-8,12,16H,2-4,9H2,1H3/t12-/m1/s1. The number of carbonyl (C=O) groups is 1. The van der Waals surface area contributed by atoms with Gasteiger partial charge in [0.2, 0.25) is 0 Å². The average Bonchev–Trinajstić information content (AvgIpc) is 3.11. The van der Waals surface area contributed by atoms with E-state index in [-0.39, 0.29) is 11.9 Å². The van der Waals surface area contributed by atoms with Crippen molar-refractivity contribution in [3.05, 3.63) is 40.4 Å². The molecule has 20 heavy (non-hydrogen) atoms. The third kappa shape index (κ3) is 2.65. The van der Waals surface area contributed by atoms with E-state index in [0.29, 0.717) is 5.69 Å². The number of amides is 1. The molecular weight excluding hydrogens is 320 g/mol. The fraction of sp³-hybridized carbons (Fsp3) is 0.429. The van der Waals surface area contributed by atoms with Crippen molar-refractivity contribution < 1.29 is 4.79 Å². The normalized spacial score (nSPS) is 18.7. The number of carbonyl (C=O) groups excluding carboxylic acids is 1. The lowest BCUT2D eigenvalue weighted by molar-refractivity contribution is 0.0716. The van der Waals surface area contributed by atoms with Crippen LogP contribution in [0.15, 0.2) is 29.1 Å². The fourth-order valence-electron chi connectivity index (χ4n) is 2.72. The van der Waals surface area contributed by atoms with Gasteiger partial charge in [0.05, 0.1) is 18.8 Å². The smallest absolute Gasteiger partial charge is 0.270 e. The molecule has 0 aliphatic carbocycles. The highest BCUT2D eigenvalue weighted by molar-refractivity contribution is 9.10. The van der Waals surface area contributed by atoms with E-state index in [1.54, 1.807) is 6.20 Å². The lowest BCUT2D eigenvalue weighted by Crippen LogP contribution is -2.38. The molecule has 1 amide bonds. The third-order valence-electron chi connectivity index (χ3n) is 3.68. The van der Waals surface area contributed by atoms with E-state index in [0.717, 1.165) is 36.0 Å². The summed E-state index contributed by atoms with van der Waals surface area (Å²) in [6, 6.07) is 2.05. The number of H-pyrrole nitrogens is 1. The van der Waals surface area contributed by atoms with Gasteiger partial charge in [-0.1, -0.05) is 0 Å². The molecule has 1 aliphatic heterocycles. The predicted molar refractivity (Wildman–Crippen MR) is 79.5 cm³/mol. The topological polar surface area (TPSA) is 53.9 Å². The third-order valence-corrected chi connectivity index (χ3v) is 4.13. The molecule has 0 radical (unpaired) electrons. The summed E-state index contributed by atoms with van der Waals surface area (Å²) < 4.78 is 2.83. The van der Waals surface area contributed by atoms with Crippen LogP contribution in [0.3, 0.4) is 0 Å². The largest absolute Gasteiger partial charge is 0.356 e. The van der Waals surface area contributed by atoms with Crippen LogP contribution in [0.25, 0.3) is 0 Å². The molecule has 3 heterocycles. The van der Waals surface area contributed by atoms with Crippen molar-refractivity contribution in [2.24, 2.45) is 0 Å². The van der Waals surface area contributed by atoms with Gasteiger partial charge in [-0.2, -0.15) is 5.10 Å². The molecule has 0 spiro atoms. The molecule has 1 saturated heterocycles. The molecule has 2 aromatic heterocycles. The van der Waals surface area contributed by atoms with Crippen LogP contribution in [0, 0.1) is 6.92 Å². The summed E-state index contributed by atoms with van der Waals surface area (Å²) in [7, 11) is 0. The van der Waals surface area contributed by atoms with Crippen LogP contribution in [-0.4, -0.2) is 38.2 Å². The summed E-state index contributed by atoms with van der Waals surface area (Å²) in [5.41, 5.74) is 1.79. The van der Waals surface area contributed by atoms with Gasteiger partial charge in [-0.15, -0.1) is 0 Å². The summed E-state index contributed by atoms with van der Waals surface area (Å²) in [5.74, 6) is 0.0714. The van der Waals surface area contributed by atoms with Crippen molar-refractivity contribution in [3.8, 4) is 0 Å². The van der Waals surface area contributed by atoms with Gasteiger partial charge in [0.1, 0.15) is 5.69 Å². The summed E-state index contributed by atoms with van der Waals surface area (Å²) in [5, 5.41) is 4.31. The predicted octanol–water partition coefficient (Wildman–Crippen LogP) is 2.59. The molecule has 3 rings (SSSR count). The highest BCUT2D eigenvalue weighted by atomic mass is 79.9. The maximum absolute atomic E-state index is 12.5. The number of nitrogens with one attached hydrogen (secondary N) is 1. The quantitative estimate of drug-likeness (QED) is 0.936. The van der Waals surface area contributed by atoms with E-state index < -0.39 is 0 Å². The molecule has 0 aromatic carbocycles. The second-order valence-electron chi connectivity index (χ2n) is 5.27. The Balaban J connectivity index is 1.73. The van der Waals surface area contributed by atoms with Crippen molar-refractivity contribution in [1.29, 1.82) is 0 Å². The second kappa shape index (κ2) is 5.44. The van der Waals surface area contributed by atoms with Crippen LogP contribution >= 0.6 is 15.9 Å². The summed E-state index contributed by atoms with van der Waals surface area (Å²) in [6.07, 6.45) is 7.75. The fourth-order valence-corrected chi connectivity index (χ4v) is 3.07. The zero-order valence-corrected chi connectivity index (χ0v) is 12.9. The van der Waals surface area contributed by atoms with E-state index in [4.69, 9.17) is 0 Å². The molecule has 1 N–H and O–H groups in total. The Kier molecular flexibility index (Phi) is 3.65. The summed E-state index contributed by atoms with van der Waals surface area (Å²) >= 11 is 3.36. The maximum atomic E-state index is 12.5. The van der Waals surface area contributed by atoms with Crippen LogP contribution in [0.2, 0.25) is 0 Å². The first-order valence-electron chi connectivity index (χ1n) is 6.77. The van der Waals surface area contributed by atoms with Crippen molar-refractivity contribution in [3.63, 3.8) is 0 Å². The minimum absolute atomic E-state index is 0.0714. The number of nitrogens with zero attached hydrogens (tertiary/aromatic N) is 3. The first kappa shape index (κ1) is 13.4. The van der Waals surface area contributed by atoms with E-state index in [9.17, 15) is 4.79 Å². The van der Waals surface area contributed by atoms with E-state index >= 15 is 0 Å². The molecular formula is C14H17BrN4O. The number of rotatable bonds is 3.